The number of nitrogens with zero attached hydrogens (tertiary/aromatic N) is 2. The van der Waals surface area contributed by atoms with E-state index in [1.54, 1.807) is 29.2 Å². The van der Waals surface area contributed by atoms with Crippen molar-refractivity contribution in [2.75, 3.05) is 32.4 Å². The Morgan fingerprint density at radius 3 is 2.38 bits per heavy atom. The molecule has 6 nitrogen and oxygen atoms in total. The molecule has 1 aromatic rings. The highest BCUT2D eigenvalue weighted by Crippen LogP contribution is 2.12. The highest BCUT2D eigenvalue weighted by Gasteiger charge is 2.22. The molecule has 0 spiro atoms. The Morgan fingerprint density at radius 1 is 1.24 bits per heavy atom. The fourth-order valence-corrected chi connectivity index (χ4v) is 3.10. The highest BCUT2D eigenvalue weighted by molar-refractivity contribution is 7.88. The number of anilines is 1. The van der Waals surface area contributed by atoms with E-state index in [1.807, 2.05) is 13.8 Å². The van der Waals surface area contributed by atoms with Crippen molar-refractivity contribution in [3.05, 3.63) is 29.8 Å². The zero-order valence-electron chi connectivity index (χ0n) is 12.7. The maximum atomic E-state index is 12.3. The zero-order chi connectivity index (χ0) is 16.0. The van der Waals surface area contributed by atoms with Crippen LogP contribution in [0.5, 0.6) is 0 Å². The summed E-state index contributed by atoms with van der Waals surface area (Å²) in [7, 11) is -2.13. The van der Waals surface area contributed by atoms with Crippen LogP contribution in [0.4, 0.5) is 5.69 Å². The molecule has 0 saturated carbocycles. The lowest BCUT2D eigenvalue weighted by atomic mass is 10.2. The van der Waals surface area contributed by atoms with Crippen molar-refractivity contribution in [2.24, 2.45) is 0 Å². The highest BCUT2D eigenvalue weighted by atomic mass is 32.2. The summed E-state index contributed by atoms with van der Waals surface area (Å²) in [5, 5.41) is 0. The van der Waals surface area contributed by atoms with Crippen LogP contribution in [0.25, 0.3) is 0 Å². The third-order valence-electron chi connectivity index (χ3n) is 3.25. The summed E-state index contributed by atoms with van der Waals surface area (Å²) in [4.78, 5) is 13.6. The Bertz CT molecular complexity index is 583. The van der Waals surface area contributed by atoms with Crippen molar-refractivity contribution in [1.29, 1.82) is 0 Å². The summed E-state index contributed by atoms with van der Waals surface area (Å²) in [5.74, 6) is -0.362. The Morgan fingerprint density at radius 2 is 1.86 bits per heavy atom. The van der Waals surface area contributed by atoms with Gasteiger partial charge in [0.25, 0.3) is 0 Å². The van der Waals surface area contributed by atoms with E-state index in [4.69, 9.17) is 5.73 Å². The third-order valence-corrected chi connectivity index (χ3v) is 5.03. The molecule has 0 unspecified atom stereocenters. The van der Waals surface area contributed by atoms with Crippen LogP contribution in [0.3, 0.4) is 0 Å². The molecule has 0 aliphatic carbocycles. The number of sulfonamides is 1. The quantitative estimate of drug-likeness (QED) is 0.758. The number of benzene rings is 1. The molecule has 0 bridgehead atoms. The largest absolute Gasteiger partial charge is 0.399 e. The molecule has 0 aliphatic rings. The van der Waals surface area contributed by atoms with Crippen LogP contribution in [0.2, 0.25) is 0 Å². The minimum atomic E-state index is -3.54. The SMILES string of the molecule is CCN(CC)C(=O)CN(C)S(=O)(=O)Cc1cccc(N)c1. The van der Waals surface area contributed by atoms with E-state index in [0.717, 1.165) is 4.31 Å². The molecular formula is C14H23N3O3S. The second-order valence-corrected chi connectivity index (χ2v) is 6.90. The number of nitrogens with two attached hydrogens (primary N) is 1. The van der Waals surface area contributed by atoms with E-state index in [9.17, 15) is 13.2 Å². The number of likely N-dealkylation sites (N-methyl/N-ethyl adjacent to an activating group) is 2. The van der Waals surface area contributed by atoms with Gasteiger partial charge in [0.1, 0.15) is 0 Å². The number of hydrogen-bond acceptors (Lipinski definition) is 4. The normalized spacial score (nSPS) is 11.6. The molecule has 0 fully saturated rings. The lowest BCUT2D eigenvalue weighted by molar-refractivity contribution is -0.130. The summed E-state index contributed by atoms with van der Waals surface area (Å²) in [6, 6.07) is 6.73. The van der Waals surface area contributed by atoms with Crippen LogP contribution in [-0.2, 0) is 20.6 Å². The van der Waals surface area contributed by atoms with Gasteiger partial charge in [-0.1, -0.05) is 12.1 Å². The first-order valence-corrected chi connectivity index (χ1v) is 8.47. The first-order valence-electron chi connectivity index (χ1n) is 6.86. The van der Waals surface area contributed by atoms with Gasteiger partial charge in [-0.15, -0.1) is 0 Å². The number of amides is 1. The van der Waals surface area contributed by atoms with Gasteiger partial charge in [0.15, 0.2) is 0 Å². The van der Waals surface area contributed by atoms with Crippen molar-refractivity contribution in [3.8, 4) is 0 Å². The predicted octanol–water partition coefficient (Wildman–Crippen LogP) is 0.899. The molecule has 0 heterocycles. The topological polar surface area (TPSA) is 83.7 Å². The van der Waals surface area contributed by atoms with Crippen molar-refractivity contribution in [1.82, 2.24) is 9.21 Å². The Hall–Kier alpha value is -1.60. The average Bonchev–Trinajstić information content (AvgIpc) is 2.39. The van der Waals surface area contributed by atoms with Crippen molar-refractivity contribution in [3.63, 3.8) is 0 Å². The van der Waals surface area contributed by atoms with Gasteiger partial charge in [-0.05, 0) is 31.5 Å². The lowest BCUT2D eigenvalue weighted by Gasteiger charge is -2.23. The minimum absolute atomic E-state index is 0.146. The molecular weight excluding hydrogens is 290 g/mol. The summed E-state index contributed by atoms with van der Waals surface area (Å²) < 4.78 is 25.6. The van der Waals surface area contributed by atoms with Crippen LogP contribution >= 0.6 is 0 Å². The van der Waals surface area contributed by atoms with Gasteiger partial charge in [0.2, 0.25) is 15.9 Å². The molecule has 2 N–H and O–H groups in total. The molecule has 1 rings (SSSR count). The summed E-state index contributed by atoms with van der Waals surface area (Å²) >= 11 is 0. The molecule has 7 heteroatoms. The van der Waals surface area contributed by atoms with Gasteiger partial charge in [-0.2, -0.15) is 4.31 Å². The van der Waals surface area contributed by atoms with Gasteiger partial charge < -0.3 is 10.6 Å². The maximum absolute atomic E-state index is 12.3. The van der Waals surface area contributed by atoms with E-state index >= 15 is 0 Å². The first-order chi connectivity index (χ1) is 9.80. The molecule has 0 atom stereocenters. The molecule has 21 heavy (non-hydrogen) atoms. The molecule has 1 aromatic carbocycles. The number of carbonyl (C=O) groups is 1. The van der Waals surface area contributed by atoms with Crippen LogP contribution in [0.15, 0.2) is 24.3 Å². The molecule has 0 radical (unpaired) electrons. The van der Waals surface area contributed by atoms with E-state index < -0.39 is 10.0 Å². The fraction of sp³-hybridized carbons (Fsp3) is 0.500. The van der Waals surface area contributed by atoms with Crippen molar-refractivity contribution >= 4 is 21.6 Å². The standard InChI is InChI=1S/C14H23N3O3S/c1-4-17(5-2)14(18)10-16(3)21(19,20)11-12-7-6-8-13(15)9-12/h6-9H,4-5,10-11,15H2,1-3H3. The average molecular weight is 313 g/mol. The first kappa shape index (κ1) is 17.5. The van der Waals surface area contributed by atoms with E-state index in [1.165, 1.54) is 7.05 Å². The predicted molar refractivity (Wildman–Crippen MR) is 84.0 cm³/mol. The van der Waals surface area contributed by atoms with E-state index in [2.05, 4.69) is 0 Å². The Kier molecular flexibility index (Phi) is 6.17. The summed E-state index contributed by atoms with van der Waals surface area (Å²) in [5.41, 5.74) is 6.77. The molecule has 1 amide bonds. The second-order valence-electron chi connectivity index (χ2n) is 4.82. The van der Waals surface area contributed by atoms with Crippen LogP contribution in [0, 0.1) is 0 Å². The van der Waals surface area contributed by atoms with Gasteiger partial charge in [0.05, 0.1) is 12.3 Å². The van der Waals surface area contributed by atoms with E-state index in [-0.39, 0.29) is 18.2 Å². The molecule has 118 valence electrons. The summed E-state index contributed by atoms with van der Waals surface area (Å²) in [6.45, 7) is 4.72. The van der Waals surface area contributed by atoms with Gasteiger partial charge in [-0.25, -0.2) is 8.42 Å². The van der Waals surface area contributed by atoms with Crippen LogP contribution < -0.4 is 5.73 Å². The van der Waals surface area contributed by atoms with Gasteiger partial charge >= 0.3 is 0 Å². The number of hydrogen-bond donors (Lipinski definition) is 1. The fourth-order valence-electron chi connectivity index (χ4n) is 1.97. The van der Waals surface area contributed by atoms with Crippen LogP contribution in [-0.4, -0.2) is 50.2 Å². The van der Waals surface area contributed by atoms with E-state index in [0.29, 0.717) is 24.3 Å². The van der Waals surface area contributed by atoms with Gasteiger partial charge in [0, 0.05) is 25.8 Å². The Labute approximate surface area is 126 Å². The summed E-state index contributed by atoms with van der Waals surface area (Å²) in [6.07, 6.45) is 0. The van der Waals surface area contributed by atoms with Gasteiger partial charge in [-0.3, -0.25) is 4.79 Å². The number of rotatable bonds is 7. The number of carbonyl (C=O) groups excluding carboxylic acids is 1. The molecule has 0 aromatic heterocycles. The zero-order valence-corrected chi connectivity index (χ0v) is 13.6. The molecule has 0 aliphatic heterocycles. The molecule has 0 saturated heterocycles. The Balaban J connectivity index is 2.76. The smallest absolute Gasteiger partial charge is 0.237 e. The van der Waals surface area contributed by atoms with Crippen molar-refractivity contribution in [2.45, 2.75) is 19.6 Å². The van der Waals surface area contributed by atoms with Crippen LogP contribution in [0.1, 0.15) is 19.4 Å². The maximum Gasteiger partial charge on any atom is 0.237 e. The minimum Gasteiger partial charge on any atom is -0.399 e. The monoisotopic (exact) mass is 313 g/mol. The number of nitrogen functional groups attached to an aromatic ring is 1. The second kappa shape index (κ2) is 7.42. The van der Waals surface area contributed by atoms with Crippen molar-refractivity contribution < 1.29 is 13.2 Å². The third kappa shape index (κ3) is 5.02. The lowest BCUT2D eigenvalue weighted by Crippen LogP contribution is -2.41.